The van der Waals surface area contributed by atoms with Gasteiger partial charge < -0.3 is 14.4 Å². The Morgan fingerprint density at radius 1 is 1.03 bits per heavy atom. The number of amides is 1. The number of methoxy groups -OCH3 is 2. The Bertz CT molecular complexity index is 1330. The topological polar surface area (TPSA) is 77.8 Å². The van der Waals surface area contributed by atoms with Crippen molar-refractivity contribution in [2.75, 3.05) is 28.3 Å². The molecule has 1 heterocycles. The van der Waals surface area contributed by atoms with Crippen molar-refractivity contribution in [1.29, 1.82) is 0 Å². The molecule has 3 rings (SSSR count). The highest BCUT2D eigenvalue weighted by Gasteiger charge is 2.14. The van der Waals surface area contributed by atoms with Crippen molar-refractivity contribution in [1.82, 2.24) is 9.47 Å². The van der Waals surface area contributed by atoms with Crippen LogP contribution in [0.2, 0.25) is 0 Å². The summed E-state index contributed by atoms with van der Waals surface area (Å²) in [4.78, 5) is 40.0. The number of aryl methyl sites for hydroxylation is 1. The summed E-state index contributed by atoms with van der Waals surface area (Å²) in [6.07, 6.45) is 3.13. The Kier molecular flexibility index (Phi) is 7.50. The van der Waals surface area contributed by atoms with E-state index in [0.29, 0.717) is 26.3 Å². The van der Waals surface area contributed by atoms with Crippen LogP contribution in [-0.2, 0) is 11.3 Å². The van der Waals surface area contributed by atoms with Gasteiger partial charge in [0.05, 0.1) is 18.8 Å². The summed E-state index contributed by atoms with van der Waals surface area (Å²) in [6, 6.07) is 12.6. The molecule has 0 saturated heterocycles. The first kappa shape index (κ1) is 24.0. The van der Waals surface area contributed by atoms with Crippen molar-refractivity contribution in [3.8, 4) is 11.5 Å². The minimum atomic E-state index is -0.332. The van der Waals surface area contributed by atoms with E-state index in [9.17, 15) is 14.4 Å². The summed E-state index contributed by atoms with van der Waals surface area (Å²) in [5.41, 5.74) is 2.00. The van der Waals surface area contributed by atoms with Gasteiger partial charge in [-0.1, -0.05) is 29.8 Å². The van der Waals surface area contributed by atoms with Crippen LogP contribution >= 0.6 is 11.3 Å². The van der Waals surface area contributed by atoms with E-state index in [-0.39, 0.29) is 23.8 Å². The van der Waals surface area contributed by atoms with Crippen molar-refractivity contribution in [2.24, 2.45) is 0 Å². The predicted octanol–water partition coefficient (Wildman–Crippen LogP) is 1.82. The molecule has 33 heavy (non-hydrogen) atoms. The molecule has 2 aromatic carbocycles. The average molecular weight is 467 g/mol. The Hall–Kier alpha value is -3.65. The van der Waals surface area contributed by atoms with E-state index >= 15 is 0 Å². The van der Waals surface area contributed by atoms with Crippen LogP contribution in [0.15, 0.2) is 47.3 Å². The summed E-state index contributed by atoms with van der Waals surface area (Å²) in [7, 11) is 6.25. The fraction of sp³-hybridized carbons (Fsp3) is 0.240. The number of nitrogens with zero attached hydrogens (tertiary/aromatic N) is 2. The molecule has 0 fully saturated rings. The highest BCUT2D eigenvalue weighted by Crippen LogP contribution is 2.23. The van der Waals surface area contributed by atoms with Crippen LogP contribution in [-0.4, -0.2) is 49.5 Å². The Balaban J connectivity index is 2.16. The van der Waals surface area contributed by atoms with Gasteiger partial charge in [0.15, 0.2) is 5.78 Å². The maximum Gasteiger partial charge on any atom is 0.269 e. The second kappa shape index (κ2) is 10.3. The molecule has 0 radical (unpaired) electrons. The van der Waals surface area contributed by atoms with Crippen LogP contribution in [0.3, 0.4) is 0 Å². The molecule has 0 unspecified atom stereocenters. The van der Waals surface area contributed by atoms with Crippen LogP contribution in [0.4, 0.5) is 0 Å². The zero-order valence-electron chi connectivity index (χ0n) is 19.2. The molecule has 7 nitrogen and oxygen atoms in total. The molecule has 0 saturated carbocycles. The maximum absolute atomic E-state index is 13.1. The van der Waals surface area contributed by atoms with Crippen molar-refractivity contribution in [3.63, 3.8) is 0 Å². The van der Waals surface area contributed by atoms with E-state index in [1.807, 2.05) is 31.2 Å². The molecule has 0 atom stereocenters. The van der Waals surface area contributed by atoms with Crippen molar-refractivity contribution in [2.45, 2.75) is 13.5 Å². The Morgan fingerprint density at radius 3 is 2.18 bits per heavy atom. The quantitative estimate of drug-likeness (QED) is 0.497. The van der Waals surface area contributed by atoms with Gasteiger partial charge in [-0.15, -0.1) is 11.3 Å². The third-order valence-corrected chi connectivity index (χ3v) is 6.05. The molecule has 0 aliphatic rings. The van der Waals surface area contributed by atoms with Gasteiger partial charge >= 0.3 is 0 Å². The molecular weight excluding hydrogens is 440 g/mol. The van der Waals surface area contributed by atoms with Gasteiger partial charge in [0, 0.05) is 31.8 Å². The summed E-state index contributed by atoms with van der Waals surface area (Å²) in [5.74, 6) is 0.375. The number of carbonyl (C=O) groups excluding carboxylic acids is 2. The lowest BCUT2D eigenvalue weighted by Gasteiger charge is -2.10. The molecule has 0 N–H and O–H groups in total. The van der Waals surface area contributed by atoms with E-state index in [0.717, 1.165) is 11.1 Å². The number of benzene rings is 2. The largest absolute Gasteiger partial charge is 0.497 e. The first-order valence-electron chi connectivity index (χ1n) is 10.2. The summed E-state index contributed by atoms with van der Waals surface area (Å²) >= 11 is 1.17. The number of Topliss-reactive ketones (excluding diaryl/α,β-unsaturated/α-hetero) is 1. The Morgan fingerprint density at radius 2 is 1.64 bits per heavy atom. The maximum atomic E-state index is 13.1. The molecule has 8 heteroatoms. The lowest BCUT2D eigenvalue weighted by molar-refractivity contribution is -0.129. The van der Waals surface area contributed by atoms with Crippen molar-refractivity contribution in [3.05, 3.63) is 78.7 Å². The van der Waals surface area contributed by atoms with Gasteiger partial charge in [0.25, 0.3) is 5.56 Å². The monoisotopic (exact) mass is 466 g/mol. The lowest BCUT2D eigenvalue weighted by Crippen LogP contribution is -2.37. The van der Waals surface area contributed by atoms with Gasteiger partial charge in [0.1, 0.15) is 22.7 Å². The minimum absolute atomic E-state index is 0.162. The molecule has 0 spiro atoms. The predicted molar refractivity (Wildman–Crippen MR) is 130 cm³/mol. The van der Waals surface area contributed by atoms with Crippen LogP contribution in [0.25, 0.3) is 12.2 Å². The number of hydrogen-bond donors (Lipinski definition) is 0. The SMILES string of the molecule is COc1cc(OC)cc(C(=O)/C=c2\s/c(=C\c3ccc(C)cc3)c(=O)n2CC(=O)N(C)C)c1. The Labute approximate surface area is 195 Å². The number of ketones is 1. The number of hydrogen-bond acceptors (Lipinski definition) is 6. The molecule has 0 aliphatic carbocycles. The van der Waals surface area contributed by atoms with E-state index < -0.39 is 0 Å². The average Bonchev–Trinajstić information content (AvgIpc) is 3.08. The van der Waals surface area contributed by atoms with E-state index in [1.165, 1.54) is 41.1 Å². The molecule has 1 amide bonds. The number of ether oxygens (including phenoxy) is 2. The minimum Gasteiger partial charge on any atom is -0.497 e. The summed E-state index contributed by atoms with van der Waals surface area (Å²) < 4.78 is 12.7. The summed E-state index contributed by atoms with van der Waals surface area (Å²) in [5, 5.41) is 0. The van der Waals surface area contributed by atoms with E-state index in [1.54, 1.807) is 38.4 Å². The standard InChI is InChI=1S/C25H26N2O5S/c1-16-6-8-17(9-7-16)10-22-25(30)27(15-23(29)26(2)3)24(33-22)14-21(28)18-11-19(31-4)13-20(12-18)32-5/h6-14H,15H2,1-5H3/b22-10-,24-14-. The second-order valence-electron chi connectivity index (χ2n) is 7.65. The molecule has 1 aromatic heterocycles. The molecule has 3 aromatic rings. The first-order valence-corrected chi connectivity index (χ1v) is 11.0. The second-order valence-corrected chi connectivity index (χ2v) is 8.71. The van der Waals surface area contributed by atoms with Crippen LogP contribution in [0, 0.1) is 6.92 Å². The fourth-order valence-corrected chi connectivity index (χ4v) is 4.07. The molecular formula is C25H26N2O5S. The van der Waals surface area contributed by atoms with Crippen molar-refractivity contribution >= 4 is 35.2 Å². The molecule has 0 aliphatic heterocycles. The lowest BCUT2D eigenvalue weighted by atomic mass is 10.1. The third kappa shape index (κ3) is 5.78. The highest BCUT2D eigenvalue weighted by molar-refractivity contribution is 7.07. The van der Waals surface area contributed by atoms with Crippen LogP contribution < -0.4 is 24.2 Å². The van der Waals surface area contributed by atoms with Gasteiger partial charge in [-0.25, -0.2) is 0 Å². The number of thiazole rings is 1. The summed E-state index contributed by atoms with van der Waals surface area (Å²) in [6.45, 7) is 1.83. The van der Waals surface area contributed by atoms with Crippen LogP contribution in [0.1, 0.15) is 21.5 Å². The zero-order chi connectivity index (χ0) is 24.1. The van der Waals surface area contributed by atoms with Crippen LogP contribution in [0.5, 0.6) is 11.5 Å². The van der Waals surface area contributed by atoms with E-state index in [4.69, 9.17) is 9.47 Å². The van der Waals surface area contributed by atoms with Gasteiger partial charge in [0.2, 0.25) is 5.91 Å². The fourth-order valence-electron chi connectivity index (χ4n) is 3.03. The number of aromatic nitrogens is 1. The zero-order valence-corrected chi connectivity index (χ0v) is 20.1. The van der Waals surface area contributed by atoms with E-state index in [2.05, 4.69) is 0 Å². The smallest absolute Gasteiger partial charge is 0.269 e. The van der Waals surface area contributed by atoms with Crippen molar-refractivity contribution < 1.29 is 19.1 Å². The third-order valence-electron chi connectivity index (χ3n) is 4.99. The van der Waals surface area contributed by atoms with Gasteiger partial charge in [-0.2, -0.15) is 0 Å². The van der Waals surface area contributed by atoms with Gasteiger partial charge in [-0.3, -0.25) is 19.0 Å². The van der Waals surface area contributed by atoms with Gasteiger partial charge in [-0.05, 0) is 30.7 Å². The first-order chi connectivity index (χ1) is 15.7. The molecule has 172 valence electrons. The number of rotatable bonds is 7. The number of likely N-dealkylation sites (N-methyl/N-ethyl adjacent to an activating group) is 1. The number of carbonyl (C=O) groups is 2. The normalized spacial score (nSPS) is 12.0. The molecule has 0 bridgehead atoms. The highest BCUT2D eigenvalue weighted by atomic mass is 32.1.